The van der Waals surface area contributed by atoms with Crippen molar-refractivity contribution in [1.29, 1.82) is 0 Å². The molecule has 1 rings (SSSR count). The molecule has 0 N–H and O–H groups in total. The zero-order valence-electron chi connectivity index (χ0n) is 6.43. The monoisotopic (exact) mass is 222 g/mol. The number of ether oxygens (including phenoxy) is 2. The van der Waals surface area contributed by atoms with Crippen molar-refractivity contribution in [3.8, 4) is 0 Å². The Labute approximate surface area is 74.2 Å². The molecule has 0 saturated carbocycles. The molecule has 1 aliphatic heterocycles. The van der Waals surface area contributed by atoms with E-state index in [9.17, 15) is 4.79 Å². The molecule has 1 aliphatic rings. The lowest BCUT2D eigenvalue weighted by atomic mass is 10.1. The van der Waals surface area contributed by atoms with Gasteiger partial charge < -0.3 is 9.47 Å². The molecule has 0 radical (unpaired) electrons. The minimum Gasteiger partial charge on any atom is -0.457 e. The molecule has 3 nitrogen and oxygen atoms in total. The van der Waals surface area contributed by atoms with Crippen LogP contribution < -0.4 is 0 Å². The summed E-state index contributed by atoms with van der Waals surface area (Å²) in [4.78, 5) is 10.9. The Bertz CT molecular complexity index is 160. The van der Waals surface area contributed by atoms with Crippen LogP contribution in [-0.2, 0) is 14.3 Å². The van der Waals surface area contributed by atoms with Crippen molar-refractivity contribution < 1.29 is 14.3 Å². The lowest BCUT2D eigenvalue weighted by Gasteiger charge is -2.24. The summed E-state index contributed by atoms with van der Waals surface area (Å²) in [7, 11) is 0. The number of carbonyl (C=O) groups excluding carboxylic acids is 1. The first kappa shape index (κ1) is 9.00. The van der Waals surface area contributed by atoms with Gasteiger partial charge in [-0.1, -0.05) is 15.9 Å². The van der Waals surface area contributed by atoms with Gasteiger partial charge in [0.25, 0.3) is 0 Å². The van der Waals surface area contributed by atoms with Crippen LogP contribution in [0, 0.1) is 0 Å². The number of hydrogen-bond donors (Lipinski definition) is 0. The maximum absolute atomic E-state index is 10.9. The molecule has 0 unspecified atom stereocenters. The van der Waals surface area contributed by atoms with E-state index in [2.05, 4.69) is 15.9 Å². The normalized spacial score (nSPS) is 32.7. The number of cyclic esters (lactones) is 1. The van der Waals surface area contributed by atoms with Crippen molar-refractivity contribution in [3.63, 3.8) is 0 Å². The fraction of sp³-hybridized carbons (Fsp3) is 0.857. The van der Waals surface area contributed by atoms with Crippen molar-refractivity contribution in [2.45, 2.75) is 18.9 Å². The quantitative estimate of drug-likeness (QED) is 0.493. The molecule has 1 heterocycles. The van der Waals surface area contributed by atoms with Crippen LogP contribution >= 0.6 is 15.9 Å². The molecular weight excluding hydrogens is 212 g/mol. The number of hydrogen-bond acceptors (Lipinski definition) is 3. The summed E-state index contributed by atoms with van der Waals surface area (Å²) in [6.07, 6.45) is 0.754. The second kappa shape index (κ2) is 3.54. The molecule has 0 aromatic rings. The Morgan fingerprint density at radius 3 is 3.09 bits per heavy atom. The Morgan fingerprint density at radius 1 is 1.73 bits per heavy atom. The highest BCUT2D eigenvalue weighted by atomic mass is 79.9. The van der Waals surface area contributed by atoms with E-state index in [-0.39, 0.29) is 18.2 Å². The van der Waals surface area contributed by atoms with Gasteiger partial charge in [0.2, 0.25) is 0 Å². The summed E-state index contributed by atoms with van der Waals surface area (Å²) in [6.45, 7) is 2.57. The minimum absolute atomic E-state index is 0.0859. The Morgan fingerprint density at radius 2 is 2.45 bits per heavy atom. The van der Waals surface area contributed by atoms with Gasteiger partial charge in [-0.25, -0.2) is 4.79 Å². The van der Waals surface area contributed by atoms with Crippen LogP contribution in [0.4, 0.5) is 0 Å². The number of alkyl halides is 1. The lowest BCUT2D eigenvalue weighted by Crippen LogP contribution is -2.32. The molecule has 1 atom stereocenters. The van der Waals surface area contributed by atoms with Crippen molar-refractivity contribution in [3.05, 3.63) is 0 Å². The van der Waals surface area contributed by atoms with E-state index in [1.807, 2.05) is 6.92 Å². The van der Waals surface area contributed by atoms with Gasteiger partial charge in [-0.2, -0.15) is 0 Å². The molecule has 1 fully saturated rings. The second-order valence-electron chi connectivity index (χ2n) is 2.86. The largest absolute Gasteiger partial charge is 0.457 e. The number of halogens is 1. The van der Waals surface area contributed by atoms with Gasteiger partial charge in [-0.3, -0.25) is 0 Å². The topological polar surface area (TPSA) is 35.5 Å². The average Bonchev–Trinajstić information content (AvgIpc) is 2.13. The van der Waals surface area contributed by atoms with E-state index < -0.39 is 0 Å². The zero-order chi connectivity index (χ0) is 8.32. The first-order valence-electron chi connectivity index (χ1n) is 3.52. The summed E-state index contributed by atoms with van der Waals surface area (Å²) in [5, 5.41) is 0.662. The van der Waals surface area contributed by atoms with E-state index in [1.54, 1.807) is 0 Å². The fourth-order valence-corrected chi connectivity index (χ4v) is 1.29. The predicted molar refractivity (Wildman–Crippen MR) is 43.7 cm³/mol. The SMILES string of the molecule is C[C@@]1(CBr)CCOCC(=O)O1. The molecule has 0 aromatic heterocycles. The van der Waals surface area contributed by atoms with Gasteiger partial charge in [-0.15, -0.1) is 0 Å². The van der Waals surface area contributed by atoms with Gasteiger partial charge in [0.05, 0.1) is 6.61 Å². The van der Waals surface area contributed by atoms with Crippen LogP contribution in [-0.4, -0.2) is 30.1 Å². The molecule has 1 saturated heterocycles. The molecule has 0 spiro atoms. The highest BCUT2D eigenvalue weighted by Gasteiger charge is 2.29. The van der Waals surface area contributed by atoms with Crippen LogP contribution in [0.1, 0.15) is 13.3 Å². The maximum Gasteiger partial charge on any atom is 0.332 e. The molecule has 0 bridgehead atoms. The highest BCUT2D eigenvalue weighted by molar-refractivity contribution is 9.09. The Kier molecular flexibility index (Phi) is 2.90. The predicted octanol–water partition coefficient (Wildman–Crippen LogP) is 1.10. The van der Waals surface area contributed by atoms with Crippen LogP contribution in [0.25, 0.3) is 0 Å². The third kappa shape index (κ3) is 2.45. The molecule has 0 aliphatic carbocycles. The van der Waals surface area contributed by atoms with E-state index in [1.165, 1.54) is 0 Å². The highest BCUT2D eigenvalue weighted by Crippen LogP contribution is 2.20. The number of esters is 1. The average molecular weight is 223 g/mol. The van der Waals surface area contributed by atoms with Gasteiger partial charge in [0.1, 0.15) is 12.2 Å². The molecule has 4 heteroatoms. The number of carbonyl (C=O) groups is 1. The van der Waals surface area contributed by atoms with Crippen LogP contribution in [0.2, 0.25) is 0 Å². The van der Waals surface area contributed by atoms with Crippen molar-refractivity contribution >= 4 is 21.9 Å². The third-order valence-electron chi connectivity index (χ3n) is 1.64. The first-order valence-corrected chi connectivity index (χ1v) is 4.64. The molecule has 0 amide bonds. The Hall–Kier alpha value is -0.0900. The van der Waals surface area contributed by atoms with E-state index in [0.717, 1.165) is 6.42 Å². The fourth-order valence-electron chi connectivity index (χ4n) is 0.893. The molecule has 0 aromatic carbocycles. The Balaban J connectivity index is 2.58. The third-order valence-corrected chi connectivity index (χ3v) is 2.82. The van der Waals surface area contributed by atoms with Gasteiger partial charge in [0.15, 0.2) is 0 Å². The van der Waals surface area contributed by atoms with Gasteiger partial charge in [0, 0.05) is 11.8 Å². The summed E-state index contributed by atoms with van der Waals surface area (Å²) in [5.74, 6) is -0.274. The number of rotatable bonds is 1. The second-order valence-corrected chi connectivity index (χ2v) is 3.42. The molecular formula is C7H11BrO3. The summed E-state index contributed by atoms with van der Waals surface area (Å²) in [5.41, 5.74) is -0.381. The summed E-state index contributed by atoms with van der Waals surface area (Å²) < 4.78 is 10.1. The van der Waals surface area contributed by atoms with Crippen LogP contribution in [0.15, 0.2) is 0 Å². The smallest absolute Gasteiger partial charge is 0.332 e. The molecule has 11 heavy (non-hydrogen) atoms. The standard InChI is InChI=1S/C7H11BrO3/c1-7(5-8)2-3-10-4-6(9)11-7/h2-5H2,1H3/t7-/m0/s1. The zero-order valence-corrected chi connectivity index (χ0v) is 8.02. The van der Waals surface area contributed by atoms with Gasteiger partial charge in [-0.05, 0) is 6.92 Å². The summed E-state index contributed by atoms with van der Waals surface area (Å²) >= 11 is 3.30. The van der Waals surface area contributed by atoms with Crippen molar-refractivity contribution in [2.75, 3.05) is 18.5 Å². The lowest BCUT2D eigenvalue weighted by molar-refractivity contribution is -0.155. The molecule has 64 valence electrons. The summed E-state index contributed by atoms with van der Waals surface area (Å²) in [6, 6.07) is 0. The van der Waals surface area contributed by atoms with Crippen LogP contribution in [0.5, 0.6) is 0 Å². The van der Waals surface area contributed by atoms with Crippen LogP contribution in [0.3, 0.4) is 0 Å². The van der Waals surface area contributed by atoms with E-state index in [4.69, 9.17) is 9.47 Å². The first-order chi connectivity index (χ1) is 5.16. The van der Waals surface area contributed by atoms with E-state index in [0.29, 0.717) is 11.9 Å². The van der Waals surface area contributed by atoms with Crippen molar-refractivity contribution in [2.24, 2.45) is 0 Å². The van der Waals surface area contributed by atoms with E-state index >= 15 is 0 Å². The minimum atomic E-state index is -0.381. The maximum atomic E-state index is 10.9. The van der Waals surface area contributed by atoms with Gasteiger partial charge >= 0.3 is 5.97 Å². The van der Waals surface area contributed by atoms with Crippen molar-refractivity contribution in [1.82, 2.24) is 0 Å².